The molecule has 148 valence electrons. The Morgan fingerprint density at radius 1 is 0.967 bits per heavy atom. The van der Waals surface area contributed by atoms with E-state index in [1.807, 2.05) is 71.5 Å². The number of halogens is 1. The number of nitrogens with zero attached hydrogens (tertiary/aromatic N) is 3. The second-order valence-electron chi connectivity index (χ2n) is 6.69. The van der Waals surface area contributed by atoms with Gasteiger partial charge < -0.3 is 0 Å². The maximum Gasteiger partial charge on any atom is 0.271 e. The summed E-state index contributed by atoms with van der Waals surface area (Å²) in [5, 5.41) is 9.53. The summed E-state index contributed by atoms with van der Waals surface area (Å²) in [7, 11) is 0. The summed E-state index contributed by atoms with van der Waals surface area (Å²) >= 11 is 6.03. The highest BCUT2D eigenvalue weighted by molar-refractivity contribution is 6.30. The van der Waals surface area contributed by atoms with Crippen molar-refractivity contribution in [3.63, 3.8) is 0 Å². The van der Waals surface area contributed by atoms with E-state index in [9.17, 15) is 4.79 Å². The van der Waals surface area contributed by atoms with Crippen LogP contribution in [0.1, 0.15) is 21.5 Å². The van der Waals surface area contributed by atoms with Crippen molar-refractivity contribution in [2.24, 2.45) is 5.10 Å². The van der Waals surface area contributed by atoms with Gasteiger partial charge in [0.05, 0.1) is 12.8 Å². The Bertz CT molecular complexity index is 1150. The third-order valence-corrected chi connectivity index (χ3v) is 4.75. The second kappa shape index (κ2) is 9.20. The van der Waals surface area contributed by atoms with Crippen LogP contribution in [-0.4, -0.2) is 21.9 Å². The van der Waals surface area contributed by atoms with Crippen molar-refractivity contribution < 1.29 is 4.79 Å². The quantitative estimate of drug-likeness (QED) is 0.356. The highest BCUT2D eigenvalue weighted by Crippen LogP contribution is 2.23. The summed E-state index contributed by atoms with van der Waals surface area (Å²) in [6.45, 7) is 0.631. The topological polar surface area (TPSA) is 59.3 Å². The smallest absolute Gasteiger partial charge is 0.267 e. The van der Waals surface area contributed by atoms with Gasteiger partial charge in [-0.3, -0.25) is 9.48 Å². The van der Waals surface area contributed by atoms with Crippen molar-refractivity contribution in [1.29, 1.82) is 0 Å². The van der Waals surface area contributed by atoms with E-state index in [-0.39, 0.29) is 5.91 Å². The first kappa shape index (κ1) is 19.6. The van der Waals surface area contributed by atoms with Crippen LogP contribution in [0.3, 0.4) is 0 Å². The number of amides is 1. The van der Waals surface area contributed by atoms with E-state index in [0.717, 1.165) is 22.4 Å². The minimum Gasteiger partial charge on any atom is -0.267 e. The number of rotatable bonds is 6. The average Bonchev–Trinajstić information content (AvgIpc) is 3.18. The van der Waals surface area contributed by atoms with Gasteiger partial charge in [0.15, 0.2) is 0 Å². The zero-order valence-electron chi connectivity index (χ0n) is 16.1. The molecule has 5 nitrogen and oxygen atoms in total. The SMILES string of the molecule is O=C(N/N=C\c1cn(Cc2ccccc2)nc1-c1ccc(Cl)cc1)c1ccccc1. The summed E-state index contributed by atoms with van der Waals surface area (Å²) in [6.07, 6.45) is 3.52. The van der Waals surface area contributed by atoms with Crippen LogP contribution in [0.25, 0.3) is 11.3 Å². The monoisotopic (exact) mass is 414 g/mol. The molecule has 0 aliphatic carbocycles. The van der Waals surface area contributed by atoms with Gasteiger partial charge in [0, 0.05) is 27.9 Å². The van der Waals surface area contributed by atoms with Crippen LogP contribution in [-0.2, 0) is 6.54 Å². The van der Waals surface area contributed by atoms with Gasteiger partial charge in [0.25, 0.3) is 5.91 Å². The van der Waals surface area contributed by atoms with Crippen molar-refractivity contribution >= 4 is 23.7 Å². The molecule has 0 spiro atoms. The summed E-state index contributed by atoms with van der Waals surface area (Å²) in [5.74, 6) is -0.267. The van der Waals surface area contributed by atoms with Crippen LogP contribution in [0.15, 0.2) is 96.2 Å². The van der Waals surface area contributed by atoms with E-state index in [0.29, 0.717) is 17.1 Å². The molecule has 3 aromatic carbocycles. The minimum absolute atomic E-state index is 0.267. The molecule has 6 heteroatoms. The molecule has 0 aliphatic rings. The first-order chi connectivity index (χ1) is 14.7. The van der Waals surface area contributed by atoms with Crippen molar-refractivity contribution in [3.8, 4) is 11.3 Å². The zero-order valence-corrected chi connectivity index (χ0v) is 16.8. The Labute approximate surface area is 179 Å². The molecule has 1 N–H and O–H groups in total. The van der Waals surface area contributed by atoms with Crippen LogP contribution in [0.2, 0.25) is 5.02 Å². The molecule has 0 aliphatic heterocycles. The number of carbonyl (C=O) groups excluding carboxylic acids is 1. The van der Waals surface area contributed by atoms with E-state index in [4.69, 9.17) is 16.7 Å². The number of hydrazone groups is 1. The van der Waals surface area contributed by atoms with E-state index in [1.54, 1.807) is 18.3 Å². The van der Waals surface area contributed by atoms with E-state index < -0.39 is 0 Å². The van der Waals surface area contributed by atoms with Gasteiger partial charge in [-0.05, 0) is 29.8 Å². The Balaban J connectivity index is 1.59. The summed E-state index contributed by atoms with van der Waals surface area (Å²) < 4.78 is 1.86. The van der Waals surface area contributed by atoms with Crippen molar-refractivity contribution in [2.75, 3.05) is 0 Å². The molecule has 1 amide bonds. The molecule has 0 saturated carbocycles. The van der Waals surface area contributed by atoms with Gasteiger partial charge in [-0.2, -0.15) is 10.2 Å². The van der Waals surface area contributed by atoms with E-state index in [1.165, 1.54) is 0 Å². The molecule has 1 aromatic heterocycles. The van der Waals surface area contributed by atoms with Gasteiger partial charge in [0.1, 0.15) is 5.69 Å². The maximum atomic E-state index is 12.2. The fourth-order valence-corrected chi connectivity index (χ4v) is 3.16. The van der Waals surface area contributed by atoms with E-state index >= 15 is 0 Å². The van der Waals surface area contributed by atoms with Gasteiger partial charge in [-0.25, -0.2) is 5.43 Å². The van der Waals surface area contributed by atoms with E-state index in [2.05, 4.69) is 22.7 Å². The minimum atomic E-state index is -0.267. The van der Waals surface area contributed by atoms with Crippen LogP contribution in [0, 0.1) is 0 Å². The molecular weight excluding hydrogens is 396 g/mol. The third kappa shape index (κ3) is 4.82. The largest absolute Gasteiger partial charge is 0.271 e. The van der Waals surface area contributed by atoms with Crippen LogP contribution in [0.4, 0.5) is 0 Å². The Morgan fingerprint density at radius 2 is 1.63 bits per heavy atom. The zero-order chi connectivity index (χ0) is 20.8. The Hall–Kier alpha value is -3.70. The van der Waals surface area contributed by atoms with Gasteiger partial charge in [-0.1, -0.05) is 72.3 Å². The molecule has 0 unspecified atom stereocenters. The van der Waals surface area contributed by atoms with Crippen LogP contribution >= 0.6 is 11.6 Å². The second-order valence-corrected chi connectivity index (χ2v) is 7.12. The number of hydrogen-bond donors (Lipinski definition) is 1. The Kier molecular flexibility index (Phi) is 6.01. The lowest BCUT2D eigenvalue weighted by atomic mass is 10.1. The first-order valence-electron chi connectivity index (χ1n) is 9.45. The van der Waals surface area contributed by atoms with Crippen molar-refractivity contribution in [2.45, 2.75) is 6.54 Å². The lowest BCUT2D eigenvalue weighted by Gasteiger charge is -2.01. The predicted octanol–water partition coefficient (Wildman–Crippen LogP) is 5.02. The standard InChI is InChI=1S/C24H19ClN4O/c25-22-13-11-19(12-14-22)23-21(15-26-27-24(30)20-9-5-2-6-10-20)17-29(28-23)16-18-7-3-1-4-8-18/h1-15,17H,16H2,(H,27,30)/b26-15-. The molecule has 0 atom stereocenters. The molecule has 4 aromatic rings. The lowest BCUT2D eigenvalue weighted by Crippen LogP contribution is -2.17. The fourth-order valence-electron chi connectivity index (χ4n) is 3.03. The highest BCUT2D eigenvalue weighted by Gasteiger charge is 2.11. The summed E-state index contributed by atoms with van der Waals surface area (Å²) in [6, 6.07) is 26.5. The van der Waals surface area contributed by atoms with Gasteiger partial charge in [0.2, 0.25) is 0 Å². The van der Waals surface area contributed by atoms with Crippen LogP contribution < -0.4 is 5.43 Å². The molecule has 1 heterocycles. The normalized spacial score (nSPS) is 11.0. The molecule has 4 rings (SSSR count). The number of hydrogen-bond acceptors (Lipinski definition) is 3. The van der Waals surface area contributed by atoms with Crippen molar-refractivity contribution in [3.05, 3.63) is 113 Å². The highest BCUT2D eigenvalue weighted by atomic mass is 35.5. The lowest BCUT2D eigenvalue weighted by molar-refractivity contribution is 0.0955. The average molecular weight is 415 g/mol. The maximum absolute atomic E-state index is 12.2. The predicted molar refractivity (Wildman–Crippen MR) is 120 cm³/mol. The molecule has 0 radical (unpaired) electrons. The fraction of sp³-hybridized carbons (Fsp3) is 0.0417. The summed E-state index contributed by atoms with van der Waals surface area (Å²) in [4.78, 5) is 12.2. The third-order valence-electron chi connectivity index (χ3n) is 4.50. The number of benzene rings is 3. The molecule has 0 saturated heterocycles. The Morgan fingerprint density at radius 3 is 2.33 bits per heavy atom. The molecule has 0 fully saturated rings. The number of aromatic nitrogens is 2. The molecule has 0 bridgehead atoms. The van der Waals surface area contributed by atoms with Gasteiger partial charge in [-0.15, -0.1) is 0 Å². The first-order valence-corrected chi connectivity index (χ1v) is 9.82. The number of nitrogens with one attached hydrogen (secondary N) is 1. The molecule has 30 heavy (non-hydrogen) atoms. The van der Waals surface area contributed by atoms with Gasteiger partial charge >= 0.3 is 0 Å². The summed E-state index contributed by atoms with van der Waals surface area (Å²) in [5.41, 5.74) is 6.73. The van der Waals surface area contributed by atoms with Crippen molar-refractivity contribution in [1.82, 2.24) is 15.2 Å². The molecular formula is C24H19ClN4O. The van der Waals surface area contributed by atoms with Crippen LogP contribution in [0.5, 0.6) is 0 Å². The number of carbonyl (C=O) groups is 1.